The molecule has 0 aliphatic carbocycles. The number of ether oxygens (including phenoxy) is 1. The van der Waals surface area contributed by atoms with Crippen molar-refractivity contribution < 1.29 is 9.53 Å². The lowest BCUT2D eigenvalue weighted by Gasteiger charge is -2.19. The van der Waals surface area contributed by atoms with E-state index in [1.54, 1.807) is 0 Å². The van der Waals surface area contributed by atoms with Crippen molar-refractivity contribution >= 4 is 23.4 Å². The normalized spacial score (nSPS) is 11.4. The summed E-state index contributed by atoms with van der Waals surface area (Å²) >= 11 is 1.35. The summed E-state index contributed by atoms with van der Waals surface area (Å²) in [5.41, 5.74) is 3.04. The molecule has 0 spiro atoms. The zero-order chi connectivity index (χ0) is 21.7. The fourth-order valence-corrected chi connectivity index (χ4v) is 3.69. The fourth-order valence-electron chi connectivity index (χ4n) is 2.98. The highest BCUT2D eigenvalue weighted by Crippen LogP contribution is 2.28. The molecule has 3 aromatic rings. The highest BCUT2D eigenvalue weighted by Gasteiger charge is 2.16. The van der Waals surface area contributed by atoms with Crippen molar-refractivity contribution in [2.75, 3.05) is 17.7 Å². The molecule has 6 nitrogen and oxygen atoms in total. The van der Waals surface area contributed by atoms with Gasteiger partial charge < -0.3 is 14.6 Å². The summed E-state index contributed by atoms with van der Waals surface area (Å²) in [5.74, 6) is 1.55. The molecule has 1 amide bonds. The molecule has 1 aromatic heterocycles. The van der Waals surface area contributed by atoms with Gasteiger partial charge in [0.25, 0.3) is 0 Å². The van der Waals surface area contributed by atoms with Crippen LogP contribution in [-0.2, 0) is 17.3 Å². The first kappa shape index (κ1) is 21.9. The topological polar surface area (TPSA) is 69.0 Å². The van der Waals surface area contributed by atoms with Gasteiger partial charge >= 0.3 is 0 Å². The van der Waals surface area contributed by atoms with Crippen LogP contribution in [0.5, 0.6) is 5.75 Å². The number of nitrogens with zero attached hydrogens (tertiary/aromatic N) is 3. The van der Waals surface area contributed by atoms with Crippen molar-refractivity contribution in [1.29, 1.82) is 0 Å². The maximum Gasteiger partial charge on any atom is 0.234 e. The molecule has 0 fully saturated rings. The smallest absolute Gasteiger partial charge is 0.234 e. The van der Waals surface area contributed by atoms with Crippen molar-refractivity contribution in [3.8, 4) is 17.1 Å². The molecule has 3 rings (SSSR count). The van der Waals surface area contributed by atoms with Gasteiger partial charge in [-0.05, 0) is 30.0 Å². The van der Waals surface area contributed by atoms with Crippen molar-refractivity contribution in [2.45, 2.75) is 38.3 Å². The number of para-hydroxylation sites is 2. The molecule has 7 heteroatoms. The fraction of sp³-hybridized carbons (Fsp3) is 0.348. The average Bonchev–Trinajstić information content (AvgIpc) is 3.08. The van der Waals surface area contributed by atoms with Gasteiger partial charge in [-0.15, -0.1) is 10.2 Å². The Morgan fingerprint density at radius 1 is 1.10 bits per heavy atom. The molecule has 0 saturated heterocycles. The van der Waals surface area contributed by atoms with Gasteiger partial charge in [-0.1, -0.05) is 68.9 Å². The Morgan fingerprint density at radius 2 is 1.80 bits per heavy atom. The van der Waals surface area contributed by atoms with Gasteiger partial charge in [0.1, 0.15) is 5.75 Å². The van der Waals surface area contributed by atoms with Gasteiger partial charge in [-0.2, -0.15) is 0 Å². The van der Waals surface area contributed by atoms with Crippen molar-refractivity contribution in [3.05, 3.63) is 54.1 Å². The Labute approximate surface area is 182 Å². The summed E-state index contributed by atoms with van der Waals surface area (Å²) in [6.07, 6.45) is 0. The number of carbonyl (C=O) groups is 1. The molecule has 0 aliphatic heterocycles. The lowest BCUT2D eigenvalue weighted by Crippen LogP contribution is -2.15. The van der Waals surface area contributed by atoms with Crippen LogP contribution in [0, 0.1) is 0 Å². The Hall–Kier alpha value is -2.80. The minimum Gasteiger partial charge on any atom is -0.492 e. The van der Waals surface area contributed by atoms with E-state index in [0.717, 1.165) is 11.4 Å². The minimum atomic E-state index is -0.119. The highest BCUT2D eigenvalue weighted by molar-refractivity contribution is 7.99. The number of carbonyl (C=O) groups excluding carboxylic acids is 1. The molecule has 0 saturated carbocycles. The molecule has 0 bridgehead atoms. The summed E-state index contributed by atoms with van der Waals surface area (Å²) in [6.45, 7) is 9.03. The van der Waals surface area contributed by atoms with E-state index in [4.69, 9.17) is 4.74 Å². The maximum absolute atomic E-state index is 12.4. The molecule has 1 heterocycles. The standard InChI is InChI=1S/C23H28N4O2S/c1-6-29-19-10-8-7-9-18(19)24-20(28)15-30-22-26-25-21(27(22)5)16-11-13-17(14-12-16)23(2,3)4/h7-14H,6,15H2,1-5H3,(H,24,28). The van der Waals surface area contributed by atoms with Crippen LogP contribution < -0.4 is 10.1 Å². The van der Waals surface area contributed by atoms with Gasteiger partial charge in [0.05, 0.1) is 18.0 Å². The molecule has 30 heavy (non-hydrogen) atoms. The molecular formula is C23H28N4O2S. The van der Waals surface area contributed by atoms with Crippen molar-refractivity contribution in [2.24, 2.45) is 7.05 Å². The number of benzene rings is 2. The van der Waals surface area contributed by atoms with Crippen LogP contribution in [0.3, 0.4) is 0 Å². The molecule has 1 N–H and O–H groups in total. The number of rotatable bonds is 7. The predicted octanol–water partition coefficient (Wildman–Crippen LogP) is 4.91. The van der Waals surface area contributed by atoms with Crippen LogP contribution in [0.25, 0.3) is 11.4 Å². The minimum absolute atomic E-state index is 0.105. The second kappa shape index (κ2) is 9.34. The number of hydrogen-bond donors (Lipinski definition) is 1. The van der Waals surface area contributed by atoms with E-state index in [0.29, 0.717) is 23.2 Å². The van der Waals surface area contributed by atoms with Gasteiger partial charge in [-0.25, -0.2) is 0 Å². The van der Waals surface area contributed by atoms with Gasteiger partial charge in [0.15, 0.2) is 11.0 Å². The molecular weight excluding hydrogens is 396 g/mol. The lowest BCUT2D eigenvalue weighted by atomic mass is 9.87. The van der Waals surface area contributed by atoms with Crippen LogP contribution in [0.2, 0.25) is 0 Å². The number of anilines is 1. The molecule has 158 valence electrons. The molecule has 2 aromatic carbocycles. The van der Waals surface area contributed by atoms with Crippen LogP contribution in [0.1, 0.15) is 33.3 Å². The van der Waals surface area contributed by atoms with Crippen molar-refractivity contribution in [1.82, 2.24) is 14.8 Å². The van der Waals surface area contributed by atoms with Gasteiger partial charge in [-0.3, -0.25) is 4.79 Å². The first-order valence-electron chi connectivity index (χ1n) is 9.94. The van der Waals surface area contributed by atoms with Crippen LogP contribution in [0.4, 0.5) is 5.69 Å². The highest BCUT2D eigenvalue weighted by atomic mass is 32.2. The molecule has 0 atom stereocenters. The van der Waals surface area contributed by atoms with Crippen LogP contribution >= 0.6 is 11.8 Å². The van der Waals surface area contributed by atoms with E-state index in [1.807, 2.05) is 42.8 Å². The zero-order valence-electron chi connectivity index (χ0n) is 18.1. The van der Waals surface area contributed by atoms with Gasteiger partial charge in [0.2, 0.25) is 5.91 Å². The zero-order valence-corrected chi connectivity index (χ0v) is 18.9. The Balaban J connectivity index is 1.65. The summed E-state index contributed by atoms with van der Waals surface area (Å²) in [6, 6.07) is 15.8. The third kappa shape index (κ3) is 5.21. The number of nitrogens with one attached hydrogen (secondary N) is 1. The number of thioether (sulfide) groups is 1. The van der Waals surface area contributed by atoms with E-state index in [1.165, 1.54) is 17.3 Å². The Kier molecular flexibility index (Phi) is 6.82. The number of aromatic nitrogens is 3. The summed E-state index contributed by atoms with van der Waals surface area (Å²) < 4.78 is 7.47. The van der Waals surface area contributed by atoms with E-state index >= 15 is 0 Å². The van der Waals surface area contributed by atoms with Gasteiger partial charge in [0, 0.05) is 12.6 Å². The maximum atomic E-state index is 12.4. The Morgan fingerprint density at radius 3 is 2.47 bits per heavy atom. The first-order chi connectivity index (χ1) is 14.3. The van der Waals surface area contributed by atoms with E-state index in [9.17, 15) is 4.79 Å². The second-order valence-corrected chi connectivity index (χ2v) is 8.90. The number of amides is 1. The summed E-state index contributed by atoms with van der Waals surface area (Å²) in [5, 5.41) is 12.2. The van der Waals surface area contributed by atoms with E-state index in [-0.39, 0.29) is 17.1 Å². The van der Waals surface area contributed by atoms with Crippen LogP contribution in [-0.4, -0.2) is 33.0 Å². The van der Waals surface area contributed by atoms with E-state index < -0.39 is 0 Å². The molecule has 0 radical (unpaired) electrons. The van der Waals surface area contributed by atoms with E-state index in [2.05, 4.69) is 60.6 Å². The average molecular weight is 425 g/mol. The van der Waals surface area contributed by atoms with Crippen molar-refractivity contribution in [3.63, 3.8) is 0 Å². The largest absolute Gasteiger partial charge is 0.492 e. The third-order valence-electron chi connectivity index (χ3n) is 4.64. The summed E-state index contributed by atoms with van der Waals surface area (Å²) in [4.78, 5) is 12.4. The second-order valence-electron chi connectivity index (χ2n) is 7.96. The predicted molar refractivity (Wildman–Crippen MR) is 122 cm³/mol. The molecule has 0 aliphatic rings. The van der Waals surface area contributed by atoms with Crippen LogP contribution in [0.15, 0.2) is 53.7 Å². The third-order valence-corrected chi connectivity index (χ3v) is 5.66. The molecule has 0 unspecified atom stereocenters. The monoisotopic (exact) mass is 424 g/mol. The quantitative estimate of drug-likeness (QED) is 0.546. The summed E-state index contributed by atoms with van der Waals surface area (Å²) in [7, 11) is 1.91. The Bertz CT molecular complexity index is 1010. The lowest BCUT2D eigenvalue weighted by molar-refractivity contribution is -0.113. The number of hydrogen-bond acceptors (Lipinski definition) is 5. The SMILES string of the molecule is CCOc1ccccc1NC(=O)CSc1nnc(-c2ccc(C(C)(C)C)cc2)n1C. The first-order valence-corrected chi connectivity index (χ1v) is 10.9.